The van der Waals surface area contributed by atoms with Gasteiger partial charge in [0, 0.05) is 13.0 Å². The number of fused-ring (bicyclic) bond motifs is 1. The molecule has 76 valence electrons. The van der Waals surface area contributed by atoms with Crippen molar-refractivity contribution in [1.82, 2.24) is 0 Å². The summed E-state index contributed by atoms with van der Waals surface area (Å²) in [6, 6.07) is 0. The minimum atomic E-state index is 0.0682. The van der Waals surface area contributed by atoms with Gasteiger partial charge >= 0.3 is 0 Å². The van der Waals surface area contributed by atoms with E-state index in [0.717, 1.165) is 24.4 Å². The summed E-state index contributed by atoms with van der Waals surface area (Å²) in [6.07, 6.45) is 2.79. The quantitative estimate of drug-likeness (QED) is 0.622. The Balaban J connectivity index is 2.12. The monoisotopic (exact) mass is 184 g/mol. The molecule has 0 bridgehead atoms. The molecular weight excluding hydrogens is 164 g/mol. The number of hydrogen-bond acceptors (Lipinski definition) is 2. The van der Waals surface area contributed by atoms with Gasteiger partial charge in [-0.15, -0.1) is 0 Å². The Morgan fingerprint density at radius 1 is 1.15 bits per heavy atom. The third kappa shape index (κ3) is 1.50. The van der Waals surface area contributed by atoms with Gasteiger partial charge in [-0.1, -0.05) is 13.8 Å². The second-order valence-corrected chi connectivity index (χ2v) is 4.71. The molecule has 0 N–H and O–H groups in total. The summed E-state index contributed by atoms with van der Waals surface area (Å²) >= 11 is 0. The van der Waals surface area contributed by atoms with Crippen LogP contribution in [0.5, 0.6) is 0 Å². The van der Waals surface area contributed by atoms with Crippen LogP contribution < -0.4 is 0 Å². The second-order valence-electron chi connectivity index (χ2n) is 4.71. The van der Waals surface area contributed by atoms with Crippen LogP contribution in [-0.4, -0.2) is 20.0 Å². The average Bonchev–Trinajstić information content (AvgIpc) is 2.51. The highest BCUT2D eigenvalue weighted by molar-refractivity contribution is 4.90. The predicted octanol–water partition coefficient (Wildman–Crippen LogP) is 2.29. The lowest BCUT2D eigenvalue weighted by Gasteiger charge is -2.38. The van der Waals surface area contributed by atoms with Gasteiger partial charge in [0.25, 0.3) is 0 Å². The molecule has 1 aliphatic heterocycles. The fraction of sp³-hybridized carbons (Fsp3) is 1.00. The first-order chi connectivity index (χ1) is 6.24. The Hall–Kier alpha value is -0.0800. The molecule has 0 spiro atoms. The zero-order chi connectivity index (χ0) is 9.42. The highest BCUT2D eigenvalue weighted by Gasteiger charge is 2.45. The number of hydrogen-bond donors (Lipinski definition) is 0. The van der Waals surface area contributed by atoms with Gasteiger partial charge in [-0.25, -0.2) is 0 Å². The van der Waals surface area contributed by atoms with Crippen molar-refractivity contribution in [3.8, 4) is 0 Å². The molecular formula is C11H20O2. The first-order valence-electron chi connectivity index (χ1n) is 5.38. The van der Waals surface area contributed by atoms with Gasteiger partial charge in [-0.05, 0) is 30.6 Å². The van der Waals surface area contributed by atoms with Crippen LogP contribution >= 0.6 is 0 Å². The Labute approximate surface area is 80.6 Å². The molecule has 0 radical (unpaired) electrons. The predicted molar refractivity (Wildman–Crippen MR) is 51.3 cm³/mol. The largest absolute Gasteiger partial charge is 0.356 e. The van der Waals surface area contributed by atoms with Crippen LogP contribution in [-0.2, 0) is 9.47 Å². The Kier molecular flexibility index (Phi) is 2.61. The van der Waals surface area contributed by atoms with Crippen molar-refractivity contribution in [3.05, 3.63) is 0 Å². The van der Waals surface area contributed by atoms with E-state index >= 15 is 0 Å². The molecule has 0 aromatic heterocycles. The van der Waals surface area contributed by atoms with Crippen LogP contribution in [0.15, 0.2) is 0 Å². The lowest BCUT2D eigenvalue weighted by molar-refractivity contribution is -0.210. The van der Waals surface area contributed by atoms with E-state index in [9.17, 15) is 0 Å². The summed E-state index contributed by atoms with van der Waals surface area (Å²) in [5.41, 5.74) is 0. The van der Waals surface area contributed by atoms with Crippen LogP contribution in [0.2, 0.25) is 0 Å². The molecule has 0 aromatic rings. The Morgan fingerprint density at radius 3 is 2.62 bits per heavy atom. The average molecular weight is 184 g/mol. The van der Waals surface area contributed by atoms with E-state index in [1.54, 1.807) is 7.11 Å². The number of methoxy groups -OCH3 is 1. The van der Waals surface area contributed by atoms with Gasteiger partial charge in [0.15, 0.2) is 6.29 Å². The summed E-state index contributed by atoms with van der Waals surface area (Å²) in [7, 11) is 1.77. The molecule has 1 aliphatic carbocycles. The van der Waals surface area contributed by atoms with Crippen LogP contribution in [0.1, 0.15) is 26.7 Å². The standard InChI is InChI=1S/C11H20O2/c1-7-4-5-9-8(2)6-13-11(12-3)10(7)9/h7-11H,4-6H2,1-3H3/t7-,8-,9+,10+,11?/m0/s1. The van der Waals surface area contributed by atoms with E-state index in [-0.39, 0.29) is 6.29 Å². The smallest absolute Gasteiger partial charge is 0.160 e. The highest BCUT2D eigenvalue weighted by atomic mass is 16.7. The molecule has 5 atom stereocenters. The number of ether oxygens (including phenoxy) is 2. The molecule has 2 heteroatoms. The van der Waals surface area contributed by atoms with E-state index in [1.165, 1.54) is 12.8 Å². The molecule has 13 heavy (non-hydrogen) atoms. The molecule has 1 unspecified atom stereocenters. The minimum Gasteiger partial charge on any atom is -0.356 e. The Morgan fingerprint density at radius 2 is 1.92 bits per heavy atom. The summed E-state index contributed by atoms with van der Waals surface area (Å²) in [6.45, 7) is 5.52. The van der Waals surface area contributed by atoms with Gasteiger partial charge in [-0.3, -0.25) is 0 Å². The molecule has 2 nitrogen and oxygen atoms in total. The van der Waals surface area contributed by atoms with Crippen molar-refractivity contribution in [2.24, 2.45) is 23.7 Å². The van der Waals surface area contributed by atoms with E-state index in [2.05, 4.69) is 13.8 Å². The van der Waals surface area contributed by atoms with Gasteiger partial charge in [0.1, 0.15) is 0 Å². The lowest BCUT2D eigenvalue weighted by atomic mass is 9.80. The van der Waals surface area contributed by atoms with E-state index in [0.29, 0.717) is 5.92 Å². The molecule has 2 aliphatic rings. The third-order valence-electron chi connectivity index (χ3n) is 3.91. The molecule has 1 saturated heterocycles. The minimum absolute atomic E-state index is 0.0682. The van der Waals surface area contributed by atoms with Crippen molar-refractivity contribution in [2.45, 2.75) is 33.0 Å². The first-order valence-corrected chi connectivity index (χ1v) is 5.38. The fourth-order valence-electron chi connectivity index (χ4n) is 3.10. The fourth-order valence-corrected chi connectivity index (χ4v) is 3.10. The SMILES string of the molecule is COC1OC[C@H](C)[C@H]2CC[C@H](C)[C@@H]12. The van der Waals surface area contributed by atoms with E-state index in [1.807, 2.05) is 0 Å². The van der Waals surface area contributed by atoms with Crippen LogP contribution in [0.4, 0.5) is 0 Å². The maximum atomic E-state index is 5.70. The van der Waals surface area contributed by atoms with Crippen molar-refractivity contribution in [2.75, 3.05) is 13.7 Å². The summed E-state index contributed by atoms with van der Waals surface area (Å²) < 4.78 is 11.1. The Bertz CT molecular complexity index is 181. The topological polar surface area (TPSA) is 18.5 Å². The zero-order valence-corrected chi connectivity index (χ0v) is 8.82. The maximum absolute atomic E-state index is 5.70. The van der Waals surface area contributed by atoms with Crippen molar-refractivity contribution >= 4 is 0 Å². The molecule has 0 amide bonds. The lowest BCUT2D eigenvalue weighted by Crippen LogP contribution is -2.41. The second kappa shape index (κ2) is 3.58. The van der Waals surface area contributed by atoms with Crippen molar-refractivity contribution in [1.29, 1.82) is 0 Å². The van der Waals surface area contributed by atoms with E-state index < -0.39 is 0 Å². The zero-order valence-electron chi connectivity index (χ0n) is 8.82. The van der Waals surface area contributed by atoms with Gasteiger partial charge in [0.05, 0.1) is 6.61 Å². The highest BCUT2D eigenvalue weighted by Crippen LogP contribution is 2.46. The number of rotatable bonds is 1. The third-order valence-corrected chi connectivity index (χ3v) is 3.91. The first kappa shape index (κ1) is 9.47. The van der Waals surface area contributed by atoms with Crippen LogP contribution in [0.25, 0.3) is 0 Å². The molecule has 1 saturated carbocycles. The summed E-state index contributed by atoms with van der Waals surface area (Å²) in [4.78, 5) is 0. The molecule has 2 fully saturated rings. The van der Waals surface area contributed by atoms with Crippen molar-refractivity contribution in [3.63, 3.8) is 0 Å². The summed E-state index contributed by atoms with van der Waals surface area (Å²) in [5.74, 6) is 2.99. The normalized spacial score (nSPS) is 50.5. The van der Waals surface area contributed by atoms with Crippen LogP contribution in [0, 0.1) is 23.7 Å². The van der Waals surface area contributed by atoms with Gasteiger partial charge < -0.3 is 9.47 Å². The molecule has 1 heterocycles. The molecule has 0 aromatic carbocycles. The van der Waals surface area contributed by atoms with Gasteiger partial charge in [-0.2, -0.15) is 0 Å². The van der Waals surface area contributed by atoms with E-state index in [4.69, 9.17) is 9.47 Å². The maximum Gasteiger partial charge on any atom is 0.160 e. The molecule has 2 rings (SSSR count). The van der Waals surface area contributed by atoms with Gasteiger partial charge in [0.2, 0.25) is 0 Å². The summed E-state index contributed by atoms with van der Waals surface area (Å²) in [5, 5.41) is 0. The van der Waals surface area contributed by atoms with Crippen LogP contribution in [0.3, 0.4) is 0 Å². The van der Waals surface area contributed by atoms with Crippen molar-refractivity contribution < 1.29 is 9.47 Å².